The maximum absolute atomic E-state index is 13.5. The number of H-pyrrole nitrogens is 1. The van der Waals surface area contributed by atoms with E-state index in [4.69, 9.17) is 11.6 Å². The Morgan fingerprint density at radius 3 is 2.81 bits per heavy atom. The van der Waals surface area contributed by atoms with Crippen LogP contribution in [0, 0.1) is 12.7 Å². The minimum Gasteiger partial charge on any atom is -0.310 e. The van der Waals surface area contributed by atoms with Crippen LogP contribution in [-0.4, -0.2) is 9.97 Å². The van der Waals surface area contributed by atoms with Gasteiger partial charge in [-0.15, -0.1) is 0 Å². The summed E-state index contributed by atoms with van der Waals surface area (Å²) in [6.45, 7) is 1.70. The van der Waals surface area contributed by atoms with Gasteiger partial charge in [0, 0.05) is 16.3 Å². The standard InChI is InChI=1S/C11H8ClFN2O/c1-6-4-10(15-11(16)14-6)8-5-7(12)2-3-9(8)13/h2-5H,1H3,(H,14,15,16). The normalized spacial score (nSPS) is 10.4. The lowest BCUT2D eigenvalue weighted by Gasteiger charge is -2.03. The fourth-order valence-electron chi connectivity index (χ4n) is 1.41. The zero-order valence-corrected chi connectivity index (χ0v) is 9.18. The second-order valence-electron chi connectivity index (χ2n) is 3.38. The summed E-state index contributed by atoms with van der Waals surface area (Å²) in [5.74, 6) is -0.457. The summed E-state index contributed by atoms with van der Waals surface area (Å²) in [5, 5.41) is 0.399. The van der Waals surface area contributed by atoms with Gasteiger partial charge in [0.15, 0.2) is 0 Å². The molecule has 5 heteroatoms. The molecule has 0 atom stereocenters. The van der Waals surface area contributed by atoms with Gasteiger partial charge in [-0.25, -0.2) is 9.18 Å². The lowest BCUT2D eigenvalue weighted by atomic mass is 10.1. The summed E-state index contributed by atoms with van der Waals surface area (Å²) in [6.07, 6.45) is 0. The van der Waals surface area contributed by atoms with E-state index in [2.05, 4.69) is 9.97 Å². The first kappa shape index (κ1) is 10.8. The minimum atomic E-state index is -0.505. The third kappa shape index (κ3) is 2.12. The molecule has 1 aromatic carbocycles. The Bertz CT molecular complexity index is 595. The monoisotopic (exact) mass is 238 g/mol. The summed E-state index contributed by atoms with van der Waals surface area (Å²) in [4.78, 5) is 17.3. The van der Waals surface area contributed by atoms with Crippen molar-refractivity contribution < 1.29 is 4.39 Å². The van der Waals surface area contributed by atoms with Crippen LogP contribution in [0.1, 0.15) is 5.69 Å². The zero-order chi connectivity index (χ0) is 11.7. The molecule has 0 fully saturated rings. The van der Waals surface area contributed by atoms with Gasteiger partial charge in [-0.1, -0.05) is 11.6 Å². The van der Waals surface area contributed by atoms with E-state index in [1.807, 2.05) is 0 Å². The van der Waals surface area contributed by atoms with Crippen LogP contribution >= 0.6 is 11.6 Å². The molecule has 0 amide bonds. The van der Waals surface area contributed by atoms with Crippen LogP contribution < -0.4 is 5.69 Å². The zero-order valence-electron chi connectivity index (χ0n) is 8.42. The van der Waals surface area contributed by atoms with E-state index in [1.54, 1.807) is 13.0 Å². The Morgan fingerprint density at radius 1 is 1.38 bits per heavy atom. The molecular formula is C11H8ClFN2O. The third-order valence-electron chi connectivity index (χ3n) is 2.08. The summed E-state index contributed by atoms with van der Waals surface area (Å²) in [6, 6.07) is 5.73. The van der Waals surface area contributed by atoms with Gasteiger partial charge in [-0.2, -0.15) is 4.98 Å². The largest absolute Gasteiger partial charge is 0.345 e. The number of hydrogen-bond donors (Lipinski definition) is 1. The summed E-state index contributed by atoms with van der Waals surface area (Å²) < 4.78 is 13.5. The summed E-state index contributed by atoms with van der Waals surface area (Å²) in [5.41, 5.74) is 0.617. The van der Waals surface area contributed by atoms with Crippen LogP contribution in [0.3, 0.4) is 0 Å². The third-order valence-corrected chi connectivity index (χ3v) is 2.32. The van der Waals surface area contributed by atoms with E-state index in [0.29, 0.717) is 10.7 Å². The van der Waals surface area contributed by atoms with Crippen molar-refractivity contribution in [1.29, 1.82) is 0 Å². The molecule has 0 spiro atoms. The highest BCUT2D eigenvalue weighted by molar-refractivity contribution is 6.30. The van der Waals surface area contributed by atoms with E-state index in [0.717, 1.165) is 0 Å². The smallest absolute Gasteiger partial charge is 0.310 e. The average molecular weight is 239 g/mol. The fraction of sp³-hybridized carbons (Fsp3) is 0.0909. The van der Waals surface area contributed by atoms with Crippen LogP contribution in [0.25, 0.3) is 11.3 Å². The van der Waals surface area contributed by atoms with E-state index in [1.165, 1.54) is 18.2 Å². The van der Waals surface area contributed by atoms with Gasteiger partial charge in [0.05, 0.1) is 5.69 Å². The van der Waals surface area contributed by atoms with Crippen molar-refractivity contribution in [2.24, 2.45) is 0 Å². The van der Waals surface area contributed by atoms with Crippen LogP contribution in [-0.2, 0) is 0 Å². The molecule has 0 aliphatic heterocycles. The van der Waals surface area contributed by atoms with Gasteiger partial charge in [0.1, 0.15) is 5.82 Å². The number of benzene rings is 1. The topological polar surface area (TPSA) is 45.8 Å². The van der Waals surface area contributed by atoms with Gasteiger partial charge < -0.3 is 4.98 Å². The molecule has 0 bridgehead atoms. The molecule has 0 aliphatic rings. The summed E-state index contributed by atoms with van der Waals surface area (Å²) in [7, 11) is 0. The Labute approximate surface area is 95.9 Å². The molecule has 0 unspecified atom stereocenters. The van der Waals surface area contributed by atoms with Crippen molar-refractivity contribution in [3.63, 3.8) is 0 Å². The highest BCUT2D eigenvalue weighted by Crippen LogP contribution is 2.23. The Kier molecular flexibility index (Phi) is 2.75. The van der Waals surface area contributed by atoms with Crippen molar-refractivity contribution in [1.82, 2.24) is 9.97 Å². The highest BCUT2D eigenvalue weighted by atomic mass is 35.5. The number of aromatic nitrogens is 2. The molecule has 0 saturated carbocycles. The molecule has 2 rings (SSSR count). The SMILES string of the molecule is Cc1cc(-c2cc(Cl)ccc2F)nc(=O)[nH]1. The lowest BCUT2D eigenvalue weighted by Crippen LogP contribution is -2.12. The van der Waals surface area contributed by atoms with Crippen molar-refractivity contribution in [2.75, 3.05) is 0 Å². The number of hydrogen-bond acceptors (Lipinski definition) is 2. The highest BCUT2D eigenvalue weighted by Gasteiger charge is 2.08. The predicted octanol–water partition coefficient (Wildman–Crippen LogP) is 2.54. The van der Waals surface area contributed by atoms with Crippen molar-refractivity contribution in [3.05, 3.63) is 51.3 Å². The lowest BCUT2D eigenvalue weighted by molar-refractivity contribution is 0.630. The van der Waals surface area contributed by atoms with Gasteiger partial charge in [0.2, 0.25) is 0 Å². The van der Waals surface area contributed by atoms with Crippen LogP contribution in [0.5, 0.6) is 0 Å². The number of rotatable bonds is 1. The van der Waals surface area contributed by atoms with E-state index in [9.17, 15) is 9.18 Å². The van der Waals surface area contributed by atoms with Crippen LogP contribution in [0.15, 0.2) is 29.1 Å². The molecule has 1 N–H and O–H groups in total. The molecule has 16 heavy (non-hydrogen) atoms. The number of nitrogens with one attached hydrogen (secondary N) is 1. The molecular weight excluding hydrogens is 231 g/mol. The molecule has 0 aliphatic carbocycles. The Morgan fingerprint density at radius 2 is 2.12 bits per heavy atom. The first-order valence-electron chi connectivity index (χ1n) is 4.59. The van der Waals surface area contributed by atoms with E-state index >= 15 is 0 Å². The van der Waals surface area contributed by atoms with Crippen molar-refractivity contribution in [2.45, 2.75) is 6.92 Å². The molecule has 3 nitrogen and oxygen atoms in total. The molecule has 0 radical (unpaired) electrons. The van der Waals surface area contributed by atoms with E-state index < -0.39 is 11.5 Å². The van der Waals surface area contributed by atoms with Crippen LogP contribution in [0.2, 0.25) is 5.02 Å². The minimum absolute atomic E-state index is 0.224. The molecule has 0 saturated heterocycles. The van der Waals surface area contributed by atoms with Crippen molar-refractivity contribution >= 4 is 11.6 Å². The Hall–Kier alpha value is -1.68. The first-order chi connectivity index (χ1) is 7.56. The predicted molar refractivity (Wildman–Crippen MR) is 60.0 cm³/mol. The Balaban J connectivity index is 2.66. The molecule has 1 heterocycles. The van der Waals surface area contributed by atoms with E-state index in [-0.39, 0.29) is 11.3 Å². The first-order valence-corrected chi connectivity index (χ1v) is 4.97. The number of nitrogens with zero attached hydrogens (tertiary/aromatic N) is 1. The van der Waals surface area contributed by atoms with Gasteiger partial charge >= 0.3 is 5.69 Å². The maximum Gasteiger partial charge on any atom is 0.345 e. The second-order valence-corrected chi connectivity index (χ2v) is 3.82. The number of aryl methyl sites for hydroxylation is 1. The fourth-order valence-corrected chi connectivity index (χ4v) is 1.58. The summed E-state index contributed by atoms with van der Waals surface area (Å²) >= 11 is 5.77. The molecule has 82 valence electrons. The van der Waals surface area contributed by atoms with Gasteiger partial charge in [0.25, 0.3) is 0 Å². The average Bonchev–Trinajstić information content (AvgIpc) is 2.20. The van der Waals surface area contributed by atoms with Crippen LogP contribution in [0.4, 0.5) is 4.39 Å². The quantitative estimate of drug-likeness (QED) is 0.830. The number of halogens is 2. The molecule has 1 aromatic heterocycles. The maximum atomic E-state index is 13.5. The number of aromatic amines is 1. The van der Waals surface area contributed by atoms with Gasteiger partial charge in [-0.05, 0) is 31.2 Å². The van der Waals surface area contributed by atoms with Gasteiger partial charge in [-0.3, -0.25) is 0 Å². The molecule has 2 aromatic rings. The van der Waals surface area contributed by atoms with Crippen molar-refractivity contribution in [3.8, 4) is 11.3 Å². The second kappa shape index (κ2) is 4.06.